The van der Waals surface area contributed by atoms with E-state index < -0.39 is 0 Å². The smallest absolute Gasteiger partial charge is 0.217 e. The van der Waals surface area contributed by atoms with Crippen molar-refractivity contribution in [3.8, 4) is 0 Å². The van der Waals surface area contributed by atoms with Crippen LogP contribution >= 0.6 is 0 Å². The van der Waals surface area contributed by atoms with Gasteiger partial charge in [0.25, 0.3) is 0 Å². The molecular formula is C12H15NO2. The highest BCUT2D eigenvalue weighted by molar-refractivity contribution is 5.73. The molecule has 1 aromatic carbocycles. The average Bonchev–Trinajstić information content (AvgIpc) is 2.50. The number of amides is 1. The second kappa shape index (κ2) is 4.03. The summed E-state index contributed by atoms with van der Waals surface area (Å²) in [6.45, 7) is 0. The Labute approximate surface area is 88.9 Å². The van der Waals surface area contributed by atoms with Crippen molar-refractivity contribution in [1.29, 1.82) is 0 Å². The molecule has 15 heavy (non-hydrogen) atoms. The molecule has 0 spiro atoms. The maximum absolute atomic E-state index is 10.7. The zero-order chi connectivity index (χ0) is 10.8. The molecule has 0 aliphatic heterocycles. The lowest BCUT2D eigenvalue weighted by Gasteiger charge is -2.14. The maximum atomic E-state index is 10.7. The molecular weight excluding hydrogens is 190 g/mol. The number of carbonyl (C=O) groups excluding carboxylic acids is 1. The van der Waals surface area contributed by atoms with Gasteiger partial charge in [-0.15, -0.1) is 0 Å². The summed E-state index contributed by atoms with van der Waals surface area (Å²) in [5.74, 6) is -0.222. The predicted molar refractivity (Wildman–Crippen MR) is 57.3 cm³/mol. The van der Waals surface area contributed by atoms with Gasteiger partial charge in [-0.3, -0.25) is 4.79 Å². The van der Waals surface area contributed by atoms with E-state index in [4.69, 9.17) is 5.73 Å². The lowest BCUT2D eigenvalue weighted by Crippen LogP contribution is -2.17. The molecule has 0 radical (unpaired) electrons. The van der Waals surface area contributed by atoms with Crippen molar-refractivity contribution < 1.29 is 9.90 Å². The van der Waals surface area contributed by atoms with E-state index >= 15 is 0 Å². The molecule has 2 rings (SSSR count). The highest BCUT2D eigenvalue weighted by atomic mass is 16.3. The van der Waals surface area contributed by atoms with Gasteiger partial charge >= 0.3 is 0 Å². The Kier molecular flexibility index (Phi) is 2.73. The highest BCUT2D eigenvalue weighted by Crippen LogP contribution is 2.36. The maximum Gasteiger partial charge on any atom is 0.217 e. The number of carbonyl (C=O) groups is 1. The first-order valence-electron chi connectivity index (χ1n) is 5.22. The molecule has 1 amide bonds. The summed E-state index contributed by atoms with van der Waals surface area (Å²) in [6.07, 6.45) is 1.32. The van der Waals surface area contributed by atoms with Gasteiger partial charge in [-0.05, 0) is 24.0 Å². The zero-order valence-corrected chi connectivity index (χ0v) is 8.52. The number of primary amides is 1. The minimum absolute atomic E-state index is 0.0775. The van der Waals surface area contributed by atoms with Crippen LogP contribution in [0.2, 0.25) is 0 Å². The van der Waals surface area contributed by atoms with Gasteiger partial charge in [0, 0.05) is 12.3 Å². The van der Waals surface area contributed by atoms with E-state index in [-0.39, 0.29) is 17.9 Å². The zero-order valence-electron chi connectivity index (χ0n) is 8.52. The number of nitrogens with two attached hydrogens (primary N) is 1. The molecule has 0 saturated heterocycles. The normalized spacial score (nSPS) is 23.8. The molecule has 0 aromatic heterocycles. The Morgan fingerprint density at radius 2 is 2.20 bits per heavy atom. The molecule has 1 aliphatic carbocycles. The van der Waals surface area contributed by atoms with Crippen LogP contribution in [-0.2, 0) is 11.2 Å². The standard InChI is InChI=1S/C12H15NO2/c13-12(15)6-5-10-9-4-2-1-3-8(9)7-11(10)14/h1-4,10-11,14H,5-7H2,(H2,13,15)/t10?,11-/m1/s1. The molecule has 0 fully saturated rings. The van der Waals surface area contributed by atoms with Crippen LogP contribution in [0.15, 0.2) is 24.3 Å². The molecule has 3 nitrogen and oxygen atoms in total. The van der Waals surface area contributed by atoms with Crippen LogP contribution in [0.4, 0.5) is 0 Å². The van der Waals surface area contributed by atoms with Crippen LogP contribution in [0.1, 0.15) is 29.9 Å². The third-order valence-corrected chi connectivity index (χ3v) is 3.05. The van der Waals surface area contributed by atoms with Crippen molar-refractivity contribution in [2.45, 2.75) is 31.3 Å². The number of hydrogen-bond donors (Lipinski definition) is 2. The summed E-state index contributed by atoms with van der Waals surface area (Å²) in [4.78, 5) is 10.7. The SMILES string of the molecule is NC(=O)CCC1c2ccccc2C[C@H]1O. The van der Waals surface area contributed by atoms with Crippen LogP contribution in [0.5, 0.6) is 0 Å². The number of aliphatic hydroxyl groups excluding tert-OH is 1. The van der Waals surface area contributed by atoms with E-state index in [1.165, 1.54) is 11.1 Å². The minimum atomic E-state index is -0.359. The molecule has 1 aliphatic rings. The Balaban J connectivity index is 2.15. The fourth-order valence-corrected chi connectivity index (χ4v) is 2.30. The largest absolute Gasteiger partial charge is 0.392 e. The Morgan fingerprint density at radius 1 is 1.47 bits per heavy atom. The number of benzene rings is 1. The van der Waals surface area contributed by atoms with Crippen LogP contribution in [0, 0.1) is 0 Å². The van der Waals surface area contributed by atoms with Crippen LogP contribution in [-0.4, -0.2) is 17.1 Å². The third kappa shape index (κ3) is 2.02. The van der Waals surface area contributed by atoms with E-state index in [1.54, 1.807) is 0 Å². The second-order valence-corrected chi connectivity index (χ2v) is 4.08. The highest BCUT2D eigenvalue weighted by Gasteiger charge is 2.30. The van der Waals surface area contributed by atoms with Crippen molar-refractivity contribution in [2.24, 2.45) is 5.73 Å². The first kappa shape index (κ1) is 10.2. The first-order valence-corrected chi connectivity index (χ1v) is 5.22. The van der Waals surface area contributed by atoms with E-state index in [9.17, 15) is 9.90 Å². The summed E-state index contributed by atoms with van der Waals surface area (Å²) in [6, 6.07) is 8.00. The van der Waals surface area contributed by atoms with E-state index in [0.29, 0.717) is 19.3 Å². The number of hydrogen-bond acceptors (Lipinski definition) is 2. The molecule has 0 bridgehead atoms. The Morgan fingerprint density at radius 3 is 2.93 bits per heavy atom. The lowest BCUT2D eigenvalue weighted by molar-refractivity contribution is -0.118. The van der Waals surface area contributed by atoms with Crippen LogP contribution in [0.25, 0.3) is 0 Å². The van der Waals surface area contributed by atoms with Crippen molar-refractivity contribution in [2.75, 3.05) is 0 Å². The number of aliphatic hydroxyl groups is 1. The third-order valence-electron chi connectivity index (χ3n) is 3.05. The van der Waals surface area contributed by atoms with Gasteiger partial charge in [0.2, 0.25) is 5.91 Å². The number of fused-ring (bicyclic) bond motifs is 1. The van der Waals surface area contributed by atoms with Crippen LogP contribution < -0.4 is 5.73 Å². The van der Waals surface area contributed by atoms with Gasteiger partial charge in [-0.25, -0.2) is 0 Å². The fourth-order valence-electron chi connectivity index (χ4n) is 2.30. The van der Waals surface area contributed by atoms with Gasteiger partial charge in [-0.1, -0.05) is 24.3 Å². The average molecular weight is 205 g/mol. The topological polar surface area (TPSA) is 63.3 Å². The molecule has 2 atom stereocenters. The van der Waals surface area contributed by atoms with E-state index in [2.05, 4.69) is 0 Å². The molecule has 80 valence electrons. The van der Waals surface area contributed by atoms with Gasteiger partial charge in [0.1, 0.15) is 0 Å². The fraction of sp³-hybridized carbons (Fsp3) is 0.417. The summed E-state index contributed by atoms with van der Waals surface area (Å²) in [7, 11) is 0. The van der Waals surface area contributed by atoms with E-state index in [1.807, 2.05) is 24.3 Å². The lowest BCUT2D eigenvalue weighted by atomic mass is 9.94. The summed E-state index contributed by atoms with van der Waals surface area (Å²) in [5.41, 5.74) is 7.48. The molecule has 0 heterocycles. The minimum Gasteiger partial charge on any atom is -0.392 e. The molecule has 0 saturated carbocycles. The number of rotatable bonds is 3. The summed E-state index contributed by atoms with van der Waals surface area (Å²) >= 11 is 0. The van der Waals surface area contributed by atoms with Gasteiger partial charge < -0.3 is 10.8 Å². The monoisotopic (exact) mass is 205 g/mol. The summed E-state index contributed by atoms with van der Waals surface area (Å²) < 4.78 is 0. The van der Waals surface area contributed by atoms with Crippen molar-refractivity contribution in [1.82, 2.24) is 0 Å². The molecule has 3 N–H and O–H groups in total. The van der Waals surface area contributed by atoms with Gasteiger partial charge in [0.05, 0.1) is 6.10 Å². The molecule has 1 unspecified atom stereocenters. The van der Waals surface area contributed by atoms with E-state index in [0.717, 1.165) is 0 Å². The Bertz CT molecular complexity index is 376. The van der Waals surface area contributed by atoms with Crippen molar-refractivity contribution >= 4 is 5.91 Å². The van der Waals surface area contributed by atoms with Gasteiger partial charge in [-0.2, -0.15) is 0 Å². The predicted octanol–water partition coefficient (Wildman–Crippen LogP) is 0.953. The second-order valence-electron chi connectivity index (χ2n) is 4.08. The summed E-state index contributed by atoms with van der Waals surface area (Å²) in [5, 5.41) is 9.87. The first-order chi connectivity index (χ1) is 7.18. The quantitative estimate of drug-likeness (QED) is 0.771. The van der Waals surface area contributed by atoms with Crippen LogP contribution in [0.3, 0.4) is 0 Å². The molecule has 3 heteroatoms. The molecule has 1 aromatic rings. The van der Waals surface area contributed by atoms with Crippen molar-refractivity contribution in [3.05, 3.63) is 35.4 Å². The Hall–Kier alpha value is -1.35. The van der Waals surface area contributed by atoms with Crippen molar-refractivity contribution in [3.63, 3.8) is 0 Å². The van der Waals surface area contributed by atoms with Gasteiger partial charge in [0.15, 0.2) is 0 Å².